The second kappa shape index (κ2) is 12.6. The van der Waals surface area contributed by atoms with Crippen LogP contribution in [0.3, 0.4) is 0 Å². The lowest BCUT2D eigenvalue weighted by Crippen LogP contribution is -2.28. The highest BCUT2D eigenvalue weighted by molar-refractivity contribution is 6.09. The van der Waals surface area contributed by atoms with E-state index in [1.54, 1.807) is 0 Å². The minimum Gasteiger partial charge on any atom is -0.333 e. The molecule has 57 heavy (non-hydrogen) atoms. The van der Waals surface area contributed by atoms with Gasteiger partial charge in [0.25, 0.3) is 0 Å². The molecule has 0 radical (unpaired) electrons. The Morgan fingerprint density at radius 3 is 1.72 bits per heavy atom. The van der Waals surface area contributed by atoms with Crippen molar-refractivity contribution in [1.82, 2.24) is 14.5 Å². The molecule has 0 saturated carbocycles. The van der Waals surface area contributed by atoms with Crippen molar-refractivity contribution < 1.29 is 0 Å². The van der Waals surface area contributed by atoms with Crippen molar-refractivity contribution >= 4 is 33.2 Å². The number of hydrogen-bond acceptors (Lipinski definition) is 3. The number of allylic oxidation sites excluding steroid dienone is 2. The molecular weight excluding hydrogens is 693 g/mol. The van der Waals surface area contributed by atoms with Gasteiger partial charge in [-0.3, -0.25) is 0 Å². The van der Waals surface area contributed by atoms with E-state index >= 15 is 0 Å². The predicted octanol–water partition coefficient (Wildman–Crippen LogP) is 12.8. The SMILES string of the molecule is C1=CC2c3ccccc3N(c3cc(-c4cc(-c5ccccc5)nc(C5c6ccccc6-c6ccccc65)n4)cc(-n4c5ccccc5c5ccccc54)c3)C2C=C1. The van der Waals surface area contributed by atoms with Crippen LogP contribution in [0.15, 0.2) is 200 Å². The van der Waals surface area contributed by atoms with Crippen LogP contribution in [0.25, 0.3) is 61.1 Å². The average Bonchev–Trinajstić information content (AvgIpc) is 3.92. The number of rotatable bonds is 5. The third kappa shape index (κ3) is 4.94. The normalized spacial score (nSPS) is 16.5. The van der Waals surface area contributed by atoms with Gasteiger partial charge in [0.15, 0.2) is 0 Å². The molecule has 2 atom stereocenters. The van der Waals surface area contributed by atoms with Crippen LogP contribution in [0.4, 0.5) is 11.4 Å². The number of hydrogen-bond donors (Lipinski definition) is 0. The molecule has 4 heteroatoms. The quantitative estimate of drug-likeness (QED) is 0.177. The molecule has 4 nitrogen and oxygen atoms in total. The van der Waals surface area contributed by atoms with Gasteiger partial charge in [-0.05, 0) is 70.3 Å². The molecule has 0 amide bonds. The summed E-state index contributed by atoms with van der Waals surface area (Å²) in [6, 6.07) is 63.8. The van der Waals surface area contributed by atoms with Crippen molar-refractivity contribution in [3.05, 3.63) is 223 Å². The number of para-hydroxylation sites is 3. The van der Waals surface area contributed by atoms with E-state index in [1.165, 1.54) is 55.3 Å². The van der Waals surface area contributed by atoms with Gasteiger partial charge in [0.05, 0.1) is 34.4 Å². The van der Waals surface area contributed by atoms with E-state index < -0.39 is 0 Å². The lowest BCUT2D eigenvalue weighted by atomic mass is 9.91. The zero-order valence-electron chi connectivity index (χ0n) is 31.1. The summed E-state index contributed by atoms with van der Waals surface area (Å²) in [4.78, 5) is 13.5. The Morgan fingerprint density at radius 1 is 0.439 bits per heavy atom. The zero-order valence-corrected chi connectivity index (χ0v) is 31.1. The molecule has 12 rings (SSSR count). The first kappa shape index (κ1) is 32.0. The minimum absolute atomic E-state index is 0.0924. The standard InChI is InChI=1S/C53H36N4/c1-2-16-34(17-3-1)46-33-47(55-53(54-46)52-44-24-6-4-18-38(44)39-19-5-7-25-45(39)52)35-30-36(56-48-26-12-8-20-40(48)41-21-9-13-27-49(41)56)32-37(31-35)57-50-28-14-10-22-42(50)43-23-11-15-29-51(43)57/h1-33,40,48,52H. The third-order valence-corrected chi connectivity index (χ3v) is 12.2. The first-order chi connectivity index (χ1) is 28.3. The monoisotopic (exact) mass is 728 g/mol. The van der Waals surface area contributed by atoms with E-state index in [0.717, 1.165) is 39.7 Å². The average molecular weight is 729 g/mol. The first-order valence-corrected chi connectivity index (χ1v) is 19.8. The predicted molar refractivity (Wildman–Crippen MR) is 233 cm³/mol. The van der Waals surface area contributed by atoms with Crippen molar-refractivity contribution in [2.45, 2.75) is 17.9 Å². The number of nitrogens with zero attached hydrogens (tertiary/aromatic N) is 4. The summed E-state index contributed by atoms with van der Waals surface area (Å²) in [5.74, 6) is 0.981. The van der Waals surface area contributed by atoms with Crippen molar-refractivity contribution in [1.29, 1.82) is 0 Å². The van der Waals surface area contributed by atoms with Crippen molar-refractivity contribution in [3.63, 3.8) is 0 Å². The first-order valence-electron chi connectivity index (χ1n) is 19.8. The summed E-state index contributed by atoms with van der Waals surface area (Å²) >= 11 is 0. The molecule has 3 heterocycles. The molecule has 7 aromatic carbocycles. The molecule has 3 aliphatic rings. The summed E-state index contributed by atoms with van der Waals surface area (Å²) < 4.78 is 2.43. The fourth-order valence-electron chi connectivity index (χ4n) is 9.74. The molecule has 2 aliphatic carbocycles. The molecule has 9 aromatic rings. The second-order valence-corrected chi connectivity index (χ2v) is 15.3. The Labute approximate surface area is 331 Å². The molecule has 0 N–H and O–H groups in total. The maximum absolute atomic E-state index is 5.59. The van der Waals surface area contributed by atoms with Crippen LogP contribution in [-0.2, 0) is 0 Å². The molecule has 1 aliphatic heterocycles. The molecule has 0 bridgehead atoms. The second-order valence-electron chi connectivity index (χ2n) is 15.3. The fourth-order valence-corrected chi connectivity index (χ4v) is 9.74. The van der Waals surface area contributed by atoms with Crippen LogP contribution in [-0.4, -0.2) is 20.6 Å². The highest BCUT2D eigenvalue weighted by Crippen LogP contribution is 2.50. The Bertz CT molecular complexity index is 3020. The Morgan fingerprint density at radius 2 is 1.00 bits per heavy atom. The van der Waals surface area contributed by atoms with Crippen molar-refractivity contribution in [2.75, 3.05) is 4.90 Å². The highest BCUT2D eigenvalue weighted by Gasteiger charge is 2.38. The Kier molecular flexibility index (Phi) is 7.08. The van der Waals surface area contributed by atoms with Crippen LogP contribution in [0, 0.1) is 0 Å². The van der Waals surface area contributed by atoms with Gasteiger partial charge in [0.2, 0.25) is 0 Å². The molecule has 0 fully saturated rings. The number of benzene rings is 7. The fraction of sp³-hybridized carbons (Fsp3) is 0.0566. The van der Waals surface area contributed by atoms with E-state index in [9.17, 15) is 0 Å². The van der Waals surface area contributed by atoms with E-state index in [0.29, 0.717) is 0 Å². The van der Waals surface area contributed by atoms with Gasteiger partial charge in [0, 0.05) is 44.9 Å². The molecule has 268 valence electrons. The van der Waals surface area contributed by atoms with Gasteiger partial charge >= 0.3 is 0 Å². The maximum Gasteiger partial charge on any atom is 0.141 e. The molecular formula is C53H36N4. The lowest BCUT2D eigenvalue weighted by Gasteiger charge is -2.30. The Balaban J connectivity index is 1.14. The van der Waals surface area contributed by atoms with Gasteiger partial charge in [-0.1, -0.05) is 158 Å². The summed E-state index contributed by atoms with van der Waals surface area (Å²) in [6.07, 6.45) is 9.08. The zero-order chi connectivity index (χ0) is 37.5. The number of aromatic nitrogens is 3. The summed E-state index contributed by atoms with van der Waals surface area (Å²) in [5, 5.41) is 2.47. The molecule has 0 saturated heterocycles. The Hall–Kier alpha value is -7.30. The van der Waals surface area contributed by atoms with E-state index in [4.69, 9.17) is 9.97 Å². The van der Waals surface area contributed by atoms with Crippen LogP contribution in [0.1, 0.15) is 34.4 Å². The summed E-state index contributed by atoms with van der Waals surface area (Å²) in [5.41, 5.74) is 16.1. The van der Waals surface area contributed by atoms with Crippen LogP contribution < -0.4 is 4.90 Å². The highest BCUT2D eigenvalue weighted by atomic mass is 15.2. The summed E-state index contributed by atoms with van der Waals surface area (Å²) in [7, 11) is 0. The van der Waals surface area contributed by atoms with E-state index in [-0.39, 0.29) is 17.9 Å². The summed E-state index contributed by atoms with van der Waals surface area (Å²) in [6.45, 7) is 0. The van der Waals surface area contributed by atoms with Gasteiger partial charge in [-0.15, -0.1) is 0 Å². The molecule has 0 spiro atoms. The number of anilines is 2. The third-order valence-electron chi connectivity index (χ3n) is 12.2. The van der Waals surface area contributed by atoms with Crippen LogP contribution in [0.2, 0.25) is 0 Å². The number of fused-ring (bicyclic) bond motifs is 9. The van der Waals surface area contributed by atoms with Crippen LogP contribution >= 0.6 is 0 Å². The van der Waals surface area contributed by atoms with Crippen molar-refractivity contribution in [3.8, 4) is 39.3 Å². The van der Waals surface area contributed by atoms with Gasteiger partial charge in [-0.2, -0.15) is 0 Å². The topological polar surface area (TPSA) is 34.0 Å². The van der Waals surface area contributed by atoms with Gasteiger partial charge in [-0.25, -0.2) is 9.97 Å². The van der Waals surface area contributed by atoms with Crippen LogP contribution in [0.5, 0.6) is 0 Å². The van der Waals surface area contributed by atoms with E-state index in [1.807, 2.05) is 0 Å². The molecule has 2 unspecified atom stereocenters. The van der Waals surface area contributed by atoms with Gasteiger partial charge < -0.3 is 9.47 Å². The maximum atomic E-state index is 5.59. The smallest absolute Gasteiger partial charge is 0.141 e. The largest absolute Gasteiger partial charge is 0.333 e. The van der Waals surface area contributed by atoms with Crippen molar-refractivity contribution in [2.24, 2.45) is 0 Å². The van der Waals surface area contributed by atoms with E-state index in [2.05, 4.69) is 210 Å². The lowest BCUT2D eigenvalue weighted by molar-refractivity contribution is 0.744. The molecule has 2 aromatic heterocycles. The minimum atomic E-state index is -0.0924. The van der Waals surface area contributed by atoms with Gasteiger partial charge in [0.1, 0.15) is 5.82 Å².